The van der Waals surface area contributed by atoms with Crippen LogP contribution in [0.25, 0.3) is 11.1 Å². The van der Waals surface area contributed by atoms with Crippen molar-refractivity contribution in [1.82, 2.24) is 0 Å². The highest BCUT2D eigenvalue weighted by Crippen LogP contribution is 2.23. The van der Waals surface area contributed by atoms with E-state index in [1.807, 2.05) is 12.1 Å². The van der Waals surface area contributed by atoms with E-state index in [1.54, 1.807) is 0 Å². The molecule has 0 fully saturated rings. The third kappa shape index (κ3) is 3.85. The van der Waals surface area contributed by atoms with E-state index >= 15 is 0 Å². The van der Waals surface area contributed by atoms with Gasteiger partial charge in [-0.2, -0.15) is 4.99 Å². The molecule has 0 heterocycles. The van der Waals surface area contributed by atoms with E-state index in [4.69, 9.17) is 0 Å². The minimum atomic E-state index is 0.846. The molecule has 2 aromatic rings. The van der Waals surface area contributed by atoms with Crippen molar-refractivity contribution in [1.29, 1.82) is 0 Å². The highest BCUT2D eigenvalue weighted by atomic mass is 32.1. The Balaban J connectivity index is 2.15. The maximum atomic E-state index is 4.59. The van der Waals surface area contributed by atoms with Crippen molar-refractivity contribution in [2.45, 2.75) is 26.2 Å². The zero-order valence-corrected chi connectivity index (χ0v) is 11.9. The molecule has 0 bridgehead atoms. The molecule has 0 N–H and O–H groups in total. The topological polar surface area (TPSA) is 12.4 Å². The maximum absolute atomic E-state index is 4.59. The molecular weight excluding hydrogens is 250 g/mol. The fraction of sp³-hybridized carbons (Fsp3) is 0.235. The van der Waals surface area contributed by atoms with E-state index in [-0.39, 0.29) is 0 Å². The molecule has 0 aliphatic rings. The van der Waals surface area contributed by atoms with Crippen LogP contribution in [0.3, 0.4) is 0 Å². The van der Waals surface area contributed by atoms with Crippen molar-refractivity contribution in [3.05, 3.63) is 54.1 Å². The Labute approximate surface area is 120 Å². The van der Waals surface area contributed by atoms with Crippen LogP contribution in [0, 0.1) is 0 Å². The van der Waals surface area contributed by atoms with Gasteiger partial charge in [0.15, 0.2) is 0 Å². The summed E-state index contributed by atoms with van der Waals surface area (Å²) < 4.78 is 0. The van der Waals surface area contributed by atoms with Crippen molar-refractivity contribution in [3.63, 3.8) is 0 Å². The Kier molecular flexibility index (Phi) is 5.02. The smallest absolute Gasteiger partial charge is 0.0739 e. The monoisotopic (exact) mass is 267 g/mol. The SMILES string of the molecule is CCCCc1ccc(-c2ccc(N=C=S)cc2)cc1. The quantitative estimate of drug-likeness (QED) is 0.519. The predicted octanol–water partition coefficient (Wildman–Crippen LogP) is 5.43. The third-order valence-electron chi connectivity index (χ3n) is 3.15. The molecule has 96 valence electrons. The van der Waals surface area contributed by atoms with E-state index in [2.05, 4.69) is 65.7 Å². The van der Waals surface area contributed by atoms with Gasteiger partial charge >= 0.3 is 0 Å². The van der Waals surface area contributed by atoms with Crippen molar-refractivity contribution < 1.29 is 0 Å². The van der Waals surface area contributed by atoms with E-state index in [1.165, 1.54) is 36.0 Å². The second-order valence-corrected chi connectivity index (χ2v) is 4.73. The van der Waals surface area contributed by atoms with E-state index in [9.17, 15) is 0 Å². The average Bonchev–Trinajstić information content (AvgIpc) is 2.47. The first-order valence-electron chi connectivity index (χ1n) is 6.60. The summed E-state index contributed by atoms with van der Waals surface area (Å²) in [5, 5.41) is 2.38. The minimum absolute atomic E-state index is 0.846. The molecule has 2 rings (SSSR count). The predicted molar refractivity (Wildman–Crippen MR) is 85.2 cm³/mol. The number of thiocarbonyl (C=S) groups is 1. The highest BCUT2D eigenvalue weighted by Gasteiger charge is 1.98. The fourth-order valence-electron chi connectivity index (χ4n) is 2.03. The Hall–Kier alpha value is -1.76. The minimum Gasteiger partial charge on any atom is -0.195 e. The van der Waals surface area contributed by atoms with Crippen LogP contribution in [0.2, 0.25) is 0 Å². The number of isothiocyanates is 1. The molecule has 0 unspecified atom stereocenters. The lowest BCUT2D eigenvalue weighted by Crippen LogP contribution is -1.84. The highest BCUT2D eigenvalue weighted by molar-refractivity contribution is 7.78. The summed E-state index contributed by atoms with van der Waals surface area (Å²) in [5.41, 5.74) is 4.69. The fourth-order valence-corrected chi connectivity index (χ4v) is 2.13. The molecule has 0 aliphatic carbocycles. The Morgan fingerprint density at radius 1 is 0.947 bits per heavy atom. The van der Waals surface area contributed by atoms with Crippen LogP contribution in [0.1, 0.15) is 25.3 Å². The van der Waals surface area contributed by atoms with Gasteiger partial charge in [0.05, 0.1) is 10.8 Å². The number of benzene rings is 2. The van der Waals surface area contributed by atoms with Crippen LogP contribution >= 0.6 is 12.2 Å². The zero-order chi connectivity index (χ0) is 13.5. The molecule has 2 heteroatoms. The van der Waals surface area contributed by atoms with Crippen molar-refractivity contribution in [3.8, 4) is 11.1 Å². The Morgan fingerprint density at radius 3 is 2.05 bits per heavy atom. The second-order valence-electron chi connectivity index (χ2n) is 4.55. The molecule has 1 nitrogen and oxygen atoms in total. The molecule has 0 atom stereocenters. The third-order valence-corrected chi connectivity index (χ3v) is 3.24. The molecule has 0 saturated heterocycles. The number of nitrogens with zero attached hydrogens (tertiary/aromatic N) is 1. The van der Waals surface area contributed by atoms with Crippen molar-refractivity contribution in [2.75, 3.05) is 0 Å². The summed E-state index contributed by atoms with van der Waals surface area (Å²) in [6, 6.07) is 16.8. The van der Waals surface area contributed by atoms with Crippen LogP contribution in [-0.2, 0) is 6.42 Å². The average molecular weight is 267 g/mol. The Morgan fingerprint density at radius 2 is 1.53 bits per heavy atom. The Bertz CT molecular complexity index is 563. The van der Waals surface area contributed by atoms with Gasteiger partial charge in [0.25, 0.3) is 0 Å². The van der Waals surface area contributed by atoms with Crippen LogP contribution in [0.4, 0.5) is 5.69 Å². The standard InChI is InChI=1S/C17H17NS/c1-2-3-4-14-5-7-15(8-6-14)16-9-11-17(12-10-16)18-13-19/h5-12H,2-4H2,1H3. The van der Waals surface area contributed by atoms with Crippen LogP contribution < -0.4 is 0 Å². The summed E-state index contributed by atoms with van der Waals surface area (Å²) in [5.74, 6) is 0. The first-order chi connectivity index (χ1) is 9.33. The molecule has 0 spiro atoms. The van der Waals surface area contributed by atoms with Crippen molar-refractivity contribution in [2.24, 2.45) is 4.99 Å². The largest absolute Gasteiger partial charge is 0.195 e. The van der Waals surface area contributed by atoms with Gasteiger partial charge in [0.1, 0.15) is 0 Å². The van der Waals surface area contributed by atoms with Crippen LogP contribution in [0.5, 0.6) is 0 Å². The number of hydrogen-bond donors (Lipinski definition) is 0. The molecule has 0 aromatic heterocycles. The molecule has 0 aliphatic heterocycles. The lowest BCUT2D eigenvalue weighted by atomic mass is 10.0. The lowest BCUT2D eigenvalue weighted by molar-refractivity contribution is 0.795. The molecule has 0 saturated carbocycles. The summed E-state index contributed by atoms with van der Waals surface area (Å²) in [4.78, 5) is 3.95. The molecular formula is C17H17NS. The molecule has 19 heavy (non-hydrogen) atoms. The first kappa shape index (κ1) is 13.7. The zero-order valence-electron chi connectivity index (χ0n) is 11.1. The number of aryl methyl sites for hydroxylation is 1. The second kappa shape index (κ2) is 6.98. The van der Waals surface area contributed by atoms with E-state index in [0.717, 1.165) is 5.69 Å². The van der Waals surface area contributed by atoms with Gasteiger partial charge in [-0.3, -0.25) is 0 Å². The van der Waals surface area contributed by atoms with Gasteiger partial charge in [-0.25, -0.2) is 0 Å². The summed E-state index contributed by atoms with van der Waals surface area (Å²) >= 11 is 4.59. The lowest BCUT2D eigenvalue weighted by Gasteiger charge is -2.04. The number of unbranched alkanes of at least 4 members (excludes halogenated alkanes) is 1. The van der Waals surface area contributed by atoms with Gasteiger partial charge in [-0.05, 0) is 53.9 Å². The molecule has 2 aromatic carbocycles. The number of hydrogen-bond acceptors (Lipinski definition) is 2. The van der Waals surface area contributed by atoms with Gasteiger partial charge < -0.3 is 0 Å². The molecule has 0 amide bonds. The van der Waals surface area contributed by atoms with Gasteiger partial charge in [0, 0.05) is 0 Å². The van der Waals surface area contributed by atoms with Crippen LogP contribution in [0.15, 0.2) is 53.5 Å². The van der Waals surface area contributed by atoms with Crippen molar-refractivity contribution >= 4 is 23.1 Å². The van der Waals surface area contributed by atoms with Crippen LogP contribution in [-0.4, -0.2) is 5.16 Å². The normalized spacial score (nSPS) is 9.95. The molecule has 0 radical (unpaired) electrons. The summed E-state index contributed by atoms with van der Waals surface area (Å²) in [6.07, 6.45) is 3.66. The van der Waals surface area contributed by atoms with E-state index < -0.39 is 0 Å². The van der Waals surface area contributed by atoms with E-state index in [0.29, 0.717) is 0 Å². The maximum Gasteiger partial charge on any atom is 0.0739 e. The van der Waals surface area contributed by atoms with Gasteiger partial charge in [-0.1, -0.05) is 49.7 Å². The number of aliphatic imine (C=N–C) groups is 1. The summed E-state index contributed by atoms with van der Waals surface area (Å²) in [6.45, 7) is 2.22. The number of rotatable bonds is 5. The van der Waals surface area contributed by atoms with Gasteiger partial charge in [-0.15, -0.1) is 0 Å². The summed E-state index contributed by atoms with van der Waals surface area (Å²) in [7, 11) is 0. The van der Waals surface area contributed by atoms with Gasteiger partial charge in [0.2, 0.25) is 0 Å². The first-order valence-corrected chi connectivity index (χ1v) is 7.01.